The van der Waals surface area contributed by atoms with Crippen molar-refractivity contribution in [2.75, 3.05) is 7.11 Å². The molecule has 1 aliphatic rings. The van der Waals surface area contributed by atoms with Gasteiger partial charge in [0.25, 0.3) is 5.56 Å². The number of carboxylic acids is 1. The Labute approximate surface area is 250 Å². The van der Waals surface area contributed by atoms with Crippen LogP contribution < -0.4 is 16.0 Å². The van der Waals surface area contributed by atoms with E-state index in [0.29, 0.717) is 37.7 Å². The third kappa shape index (κ3) is 6.19. The van der Waals surface area contributed by atoms with Gasteiger partial charge in [0.2, 0.25) is 0 Å². The molecule has 0 bridgehead atoms. The largest absolute Gasteiger partial charge is 0.496 e. The second kappa shape index (κ2) is 12.6. The zero-order chi connectivity index (χ0) is 30.8. The molecule has 4 aromatic rings. The van der Waals surface area contributed by atoms with Gasteiger partial charge in [0.15, 0.2) is 0 Å². The van der Waals surface area contributed by atoms with E-state index in [1.807, 2.05) is 0 Å². The van der Waals surface area contributed by atoms with Gasteiger partial charge in [-0.1, -0.05) is 11.3 Å². The first kappa shape index (κ1) is 31.2. The molecule has 5 rings (SSSR count). The molecule has 14 heteroatoms. The summed E-state index contributed by atoms with van der Waals surface area (Å²) in [6.07, 6.45) is 6.66. The summed E-state index contributed by atoms with van der Waals surface area (Å²) >= 11 is 5.40. The molecule has 1 N–H and O–H groups in total. The summed E-state index contributed by atoms with van der Waals surface area (Å²) in [5, 5.41) is 19.2. The number of ether oxygens (including phenoxy) is 1. The lowest BCUT2D eigenvalue weighted by molar-refractivity contribution is -0.146. The monoisotopic (exact) mass is 617 g/mol. The fraction of sp³-hybridized carbons (Fsp3) is 0.429. The number of aliphatic carboxylic acids is 1. The predicted octanol–water partition coefficient (Wildman–Crippen LogP) is 3.75. The Bertz CT molecular complexity index is 1730. The van der Waals surface area contributed by atoms with E-state index in [0.717, 1.165) is 41.6 Å². The van der Waals surface area contributed by atoms with Gasteiger partial charge in [-0.15, -0.1) is 4.80 Å². The van der Waals surface area contributed by atoms with Gasteiger partial charge in [-0.05, 0) is 63.8 Å². The molecule has 0 radical (unpaired) electrons. The van der Waals surface area contributed by atoms with Crippen molar-refractivity contribution in [3.05, 3.63) is 68.4 Å². The van der Waals surface area contributed by atoms with Gasteiger partial charge in [-0.25, -0.2) is 18.5 Å². The number of fused-ring (bicyclic) bond motifs is 1. The van der Waals surface area contributed by atoms with Crippen molar-refractivity contribution in [1.29, 1.82) is 0 Å². The van der Waals surface area contributed by atoms with Gasteiger partial charge in [-0.2, -0.15) is 22.8 Å². The second-order valence-corrected chi connectivity index (χ2v) is 12.2. The minimum Gasteiger partial charge on any atom is -0.496 e. The molecule has 0 spiro atoms. The first-order valence-electron chi connectivity index (χ1n) is 13.3. The average molecular weight is 618 g/mol. The second-order valence-electron chi connectivity index (χ2n) is 10.4. The number of rotatable bonds is 7. The zero-order valence-electron chi connectivity index (χ0n) is 23.7. The first-order chi connectivity index (χ1) is 19.9. The highest BCUT2D eigenvalue weighted by atomic mass is 32.1. The Morgan fingerprint density at radius 2 is 1.83 bits per heavy atom. The van der Waals surface area contributed by atoms with Gasteiger partial charge in [0, 0.05) is 30.2 Å². The third-order valence-electron chi connectivity index (χ3n) is 7.23. The van der Waals surface area contributed by atoms with Crippen LogP contribution in [0, 0.1) is 12.7 Å². The zero-order valence-corrected chi connectivity index (χ0v) is 25.4. The molecule has 0 aliphatic heterocycles. The molecule has 3 aromatic heterocycles. The summed E-state index contributed by atoms with van der Waals surface area (Å²) in [6.45, 7) is 4.33. The normalized spacial score (nSPS) is 14.1. The van der Waals surface area contributed by atoms with Gasteiger partial charge in [-0.3, -0.25) is 14.2 Å². The van der Waals surface area contributed by atoms with E-state index in [9.17, 15) is 28.7 Å². The lowest BCUT2D eigenvalue weighted by Gasteiger charge is -2.23. The van der Waals surface area contributed by atoms with Gasteiger partial charge >= 0.3 is 11.7 Å². The van der Waals surface area contributed by atoms with Crippen LogP contribution in [0.4, 0.5) is 4.39 Å². The molecule has 1 fully saturated rings. The number of carbonyl (C=O) groups excluding carboxylic acids is 1. The lowest BCUT2D eigenvalue weighted by atomic mass is 9.99. The molecular formula is C28H32FN5O6S2. The summed E-state index contributed by atoms with van der Waals surface area (Å²) < 4.78 is 21.3. The Morgan fingerprint density at radius 1 is 1.19 bits per heavy atom. The van der Waals surface area contributed by atoms with Crippen LogP contribution in [0.25, 0.3) is 15.2 Å². The number of Topliss-reactive ketones (excluding diaryl/α,β-unsaturated/α-hetero) is 1. The van der Waals surface area contributed by atoms with Crippen molar-refractivity contribution >= 4 is 45.9 Å². The number of thiophene rings is 1. The quantitative estimate of drug-likeness (QED) is 0.299. The van der Waals surface area contributed by atoms with Crippen LogP contribution in [0.5, 0.6) is 5.75 Å². The van der Waals surface area contributed by atoms with Crippen LogP contribution >= 0.6 is 24.0 Å². The Hall–Kier alpha value is -3.78. The highest BCUT2D eigenvalue weighted by Gasteiger charge is 2.35. The summed E-state index contributed by atoms with van der Waals surface area (Å²) in [4.78, 5) is 51.2. The molecule has 224 valence electrons. The van der Waals surface area contributed by atoms with E-state index in [-0.39, 0.29) is 18.4 Å². The van der Waals surface area contributed by atoms with Crippen molar-refractivity contribution in [3.63, 3.8) is 0 Å². The molecule has 1 saturated carbocycles. The topological polar surface area (TPSA) is 138 Å². The standard InChI is InChI=1S/C22H22FN5O5S.C6H10OS/c1-12-16-17(29)27(22(2,3)20(30)31)21(32)26(19(16)34-18(12)28-24-8-9-25-28)10-7-13-11-14(23)5-6-15(13)33-4;7-5-1-3-6(8)4-2-5/h5-6,8-9,11H,7,10H2,1-4H3,(H,30,31);6,8H,1-4H2. The maximum Gasteiger partial charge on any atom is 0.333 e. The average Bonchev–Trinajstić information content (AvgIpc) is 3.59. The molecule has 0 unspecified atom stereocenters. The maximum atomic E-state index is 13.9. The Morgan fingerprint density at radius 3 is 2.40 bits per heavy atom. The molecule has 1 aliphatic carbocycles. The van der Waals surface area contributed by atoms with Crippen LogP contribution in [0.15, 0.2) is 40.2 Å². The van der Waals surface area contributed by atoms with E-state index in [1.54, 1.807) is 6.92 Å². The van der Waals surface area contributed by atoms with Crippen molar-refractivity contribution in [1.82, 2.24) is 24.1 Å². The number of hydrogen-bond acceptors (Lipinski definition) is 9. The van der Waals surface area contributed by atoms with Gasteiger partial charge < -0.3 is 9.84 Å². The molecule has 1 aromatic carbocycles. The molecule has 11 nitrogen and oxygen atoms in total. The minimum atomic E-state index is -1.81. The summed E-state index contributed by atoms with van der Waals surface area (Å²) in [5.74, 6) is -0.917. The van der Waals surface area contributed by atoms with Crippen molar-refractivity contribution < 1.29 is 23.8 Å². The first-order valence-corrected chi connectivity index (χ1v) is 14.6. The van der Waals surface area contributed by atoms with Crippen LogP contribution in [0.3, 0.4) is 0 Å². The third-order valence-corrected chi connectivity index (χ3v) is 9.03. The molecule has 0 saturated heterocycles. The number of carbonyl (C=O) groups is 2. The molecule has 42 heavy (non-hydrogen) atoms. The Kier molecular flexibility index (Phi) is 9.36. The van der Waals surface area contributed by atoms with Crippen LogP contribution in [-0.4, -0.2) is 53.3 Å². The molecule has 3 heterocycles. The van der Waals surface area contributed by atoms with Crippen molar-refractivity contribution in [2.24, 2.45) is 0 Å². The number of aryl methyl sites for hydroxylation is 3. The van der Waals surface area contributed by atoms with E-state index in [2.05, 4.69) is 22.8 Å². The fourth-order valence-corrected chi connectivity index (χ4v) is 6.23. The number of halogens is 1. The fourth-order valence-electron chi connectivity index (χ4n) is 4.73. The van der Waals surface area contributed by atoms with E-state index < -0.39 is 28.6 Å². The van der Waals surface area contributed by atoms with E-state index in [1.165, 1.54) is 60.9 Å². The maximum absolute atomic E-state index is 13.9. The molecule has 0 atom stereocenters. The number of carboxylic acid groups (broad SMARTS) is 1. The lowest BCUT2D eigenvalue weighted by Crippen LogP contribution is -2.52. The van der Waals surface area contributed by atoms with Gasteiger partial charge in [0.05, 0.1) is 24.9 Å². The number of thiol groups is 1. The highest BCUT2D eigenvalue weighted by Crippen LogP contribution is 2.31. The smallest absolute Gasteiger partial charge is 0.333 e. The number of hydrogen-bond donors (Lipinski definition) is 2. The summed E-state index contributed by atoms with van der Waals surface area (Å²) in [6, 6.07) is 4.08. The molecule has 0 amide bonds. The van der Waals surface area contributed by atoms with E-state index >= 15 is 0 Å². The molecular weight excluding hydrogens is 585 g/mol. The number of aromatic nitrogens is 5. The summed E-state index contributed by atoms with van der Waals surface area (Å²) in [7, 11) is 1.46. The SMILES string of the molecule is COc1ccc(F)cc1CCn1c(=O)n(C(C)(C)C(=O)O)c(=O)c2c(C)c(-n3nccn3)sc21.O=C1CCC(S)CC1. The number of methoxy groups -OCH3 is 1. The van der Waals surface area contributed by atoms with Crippen molar-refractivity contribution in [3.8, 4) is 10.8 Å². The minimum absolute atomic E-state index is 0.0526. The van der Waals surface area contributed by atoms with Crippen molar-refractivity contribution in [2.45, 2.75) is 70.2 Å². The Balaban J connectivity index is 0.000000437. The number of nitrogens with zero attached hydrogens (tertiary/aromatic N) is 5. The van der Waals surface area contributed by atoms with E-state index in [4.69, 9.17) is 4.74 Å². The van der Waals surface area contributed by atoms with Crippen LogP contribution in [0.1, 0.15) is 50.7 Å². The van der Waals surface area contributed by atoms with Crippen LogP contribution in [-0.2, 0) is 28.1 Å². The number of benzene rings is 1. The van der Waals surface area contributed by atoms with Gasteiger partial charge in [0.1, 0.15) is 32.7 Å². The summed E-state index contributed by atoms with van der Waals surface area (Å²) in [5.41, 5.74) is -2.24. The highest BCUT2D eigenvalue weighted by molar-refractivity contribution is 7.80. The van der Waals surface area contributed by atoms with Crippen LogP contribution in [0.2, 0.25) is 0 Å². The predicted molar refractivity (Wildman–Crippen MR) is 160 cm³/mol. The number of ketones is 1.